The monoisotopic (exact) mass is 319 g/mol. The molecular formula is C11H11BrClNOS. The minimum Gasteiger partial charge on any atom is -0.508 e. The van der Waals surface area contributed by atoms with E-state index in [4.69, 9.17) is 5.73 Å². The topological polar surface area (TPSA) is 46.2 Å². The van der Waals surface area contributed by atoms with Crippen molar-refractivity contribution in [1.82, 2.24) is 0 Å². The van der Waals surface area contributed by atoms with Gasteiger partial charge < -0.3 is 10.8 Å². The van der Waals surface area contributed by atoms with E-state index in [1.165, 1.54) is 0 Å². The van der Waals surface area contributed by atoms with Crippen molar-refractivity contribution in [3.63, 3.8) is 0 Å². The first-order chi connectivity index (χ1) is 7.18. The molecule has 0 saturated carbocycles. The van der Waals surface area contributed by atoms with Crippen molar-refractivity contribution >= 4 is 39.7 Å². The van der Waals surface area contributed by atoms with Gasteiger partial charge in [-0.2, -0.15) is 11.3 Å². The van der Waals surface area contributed by atoms with Gasteiger partial charge in [0.1, 0.15) is 5.75 Å². The number of aromatic hydroxyl groups is 1. The van der Waals surface area contributed by atoms with Crippen LogP contribution < -0.4 is 5.73 Å². The van der Waals surface area contributed by atoms with Crippen molar-refractivity contribution in [3.8, 4) is 5.75 Å². The van der Waals surface area contributed by atoms with Crippen LogP contribution in [0.1, 0.15) is 17.2 Å². The normalized spacial score (nSPS) is 11.9. The fourth-order valence-electron chi connectivity index (χ4n) is 1.41. The molecule has 1 heterocycles. The van der Waals surface area contributed by atoms with Crippen LogP contribution in [0.15, 0.2) is 39.5 Å². The number of hydrogen-bond donors (Lipinski definition) is 2. The van der Waals surface area contributed by atoms with Crippen molar-refractivity contribution in [2.45, 2.75) is 6.04 Å². The van der Waals surface area contributed by atoms with Gasteiger partial charge in [0.2, 0.25) is 0 Å². The van der Waals surface area contributed by atoms with Gasteiger partial charge >= 0.3 is 0 Å². The smallest absolute Gasteiger partial charge is 0.120 e. The van der Waals surface area contributed by atoms with Gasteiger partial charge in [-0.05, 0) is 40.6 Å². The summed E-state index contributed by atoms with van der Waals surface area (Å²) in [5.74, 6) is 0.233. The Morgan fingerprint density at radius 3 is 2.69 bits per heavy atom. The summed E-state index contributed by atoms with van der Waals surface area (Å²) in [6, 6.07) is 6.98. The summed E-state index contributed by atoms with van der Waals surface area (Å²) in [4.78, 5) is 0. The van der Waals surface area contributed by atoms with E-state index in [9.17, 15) is 5.11 Å². The third-order valence-electron chi connectivity index (χ3n) is 2.23. The highest BCUT2D eigenvalue weighted by atomic mass is 79.9. The maximum atomic E-state index is 9.71. The van der Waals surface area contributed by atoms with Gasteiger partial charge in [-0.15, -0.1) is 12.4 Å². The van der Waals surface area contributed by atoms with Gasteiger partial charge in [0.25, 0.3) is 0 Å². The van der Waals surface area contributed by atoms with Crippen LogP contribution in [0.2, 0.25) is 0 Å². The highest BCUT2D eigenvalue weighted by Crippen LogP contribution is 2.30. The van der Waals surface area contributed by atoms with E-state index < -0.39 is 0 Å². The lowest BCUT2D eigenvalue weighted by atomic mass is 10.0. The predicted molar refractivity (Wildman–Crippen MR) is 73.4 cm³/mol. The largest absolute Gasteiger partial charge is 0.508 e. The maximum Gasteiger partial charge on any atom is 0.120 e. The van der Waals surface area contributed by atoms with Crippen LogP contribution in [0.5, 0.6) is 5.75 Å². The molecule has 1 aromatic heterocycles. The number of halogens is 2. The predicted octanol–water partition coefficient (Wildman–Crippen LogP) is 3.69. The summed E-state index contributed by atoms with van der Waals surface area (Å²) in [7, 11) is 0. The lowest BCUT2D eigenvalue weighted by Gasteiger charge is -2.12. The third-order valence-corrected chi connectivity index (χ3v) is 3.42. The Labute approximate surface area is 113 Å². The van der Waals surface area contributed by atoms with Crippen LogP contribution in [0.25, 0.3) is 0 Å². The summed E-state index contributed by atoms with van der Waals surface area (Å²) < 4.78 is 0.918. The zero-order valence-corrected chi connectivity index (χ0v) is 11.5. The Bertz CT molecular complexity index is 461. The lowest BCUT2D eigenvalue weighted by Crippen LogP contribution is -2.10. The number of phenolic OH excluding ortho intramolecular Hbond substituents is 1. The zero-order valence-electron chi connectivity index (χ0n) is 8.26. The van der Waals surface area contributed by atoms with E-state index in [1.807, 2.05) is 22.9 Å². The Hall–Kier alpha value is -0.550. The second-order valence-corrected chi connectivity index (χ2v) is 4.93. The molecular weight excluding hydrogens is 310 g/mol. The van der Waals surface area contributed by atoms with Crippen LogP contribution >= 0.6 is 39.7 Å². The molecule has 2 nitrogen and oxygen atoms in total. The number of nitrogens with two attached hydrogens (primary N) is 1. The minimum absolute atomic E-state index is 0. The number of rotatable bonds is 2. The number of hydrogen-bond acceptors (Lipinski definition) is 3. The molecule has 5 heteroatoms. The molecule has 0 spiro atoms. The number of benzene rings is 1. The molecule has 0 radical (unpaired) electrons. The van der Waals surface area contributed by atoms with Crippen LogP contribution in [0, 0.1) is 0 Å². The molecule has 2 aromatic rings. The molecule has 0 saturated heterocycles. The molecule has 1 aromatic carbocycles. The molecule has 0 bridgehead atoms. The Morgan fingerprint density at radius 2 is 2.06 bits per heavy atom. The van der Waals surface area contributed by atoms with Gasteiger partial charge in [-0.3, -0.25) is 0 Å². The van der Waals surface area contributed by atoms with E-state index in [-0.39, 0.29) is 24.2 Å². The third kappa shape index (κ3) is 2.77. The minimum atomic E-state index is -0.270. The summed E-state index contributed by atoms with van der Waals surface area (Å²) in [6.45, 7) is 0. The second-order valence-electron chi connectivity index (χ2n) is 3.24. The lowest BCUT2D eigenvalue weighted by molar-refractivity contribution is 0.465. The highest BCUT2D eigenvalue weighted by molar-refractivity contribution is 9.10. The SMILES string of the molecule is Cl.N[C@@H](c1ccsc1)c1cc(Br)ccc1O. The average molecular weight is 321 g/mol. The molecule has 16 heavy (non-hydrogen) atoms. The average Bonchev–Trinajstić information content (AvgIpc) is 2.74. The van der Waals surface area contributed by atoms with E-state index in [1.54, 1.807) is 23.5 Å². The van der Waals surface area contributed by atoms with Crippen LogP contribution in [0.4, 0.5) is 0 Å². The van der Waals surface area contributed by atoms with Gasteiger partial charge in [0.05, 0.1) is 6.04 Å². The molecule has 1 atom stereocenters. The molecule has 3 N–H and O–H groups in total. The molecule has 0 fully saturated rings. The van der Waals surface area contributed by atoms with Crippen molar-refractivity contribution in [3.05, 3.63) is 50.6 Å². The van der Waals surface area contributed by atoms with Crippen molar-refractivity contribution < 1.29 is 5.11 Å². The van der Waals surface area contributed by atoms with Gasteiger partial charge in [-0.25, -0.2) is 0 Å². The molecule has 0 amide bonds. The second kappa shape index (κ2) is 5.68. The van der Waals surface area contributed by atoms with Gasteiger partial charge in [0, 0.05) is 10.0 Å². The molecule has 0 aliphatic carbocycles. The van der Waals surface area contributed by atoms with E-state index in [2.05, 4.69) is 15.9 Å². The summed E-state index contributed by atoms with van der Waals surface area (Å²) >= 11 is 4.96. The Kier molecular flexibility index (Phi) is 4.80. The van der Waals surface area contributed by atoms with Crippen LogP contribution in [0.3, 0.4) is 0 Å². The first-order valence-electron chi connectivity index (χ1n) is 4.44. The van der Waals surface area contributed by atoms with Gasteiger partial charge in [-0.1, -0.05) is 15.9 Å². The summed E-state index contributed by atoms with van der Waals surface area (Å²) in [5.41, 5.74) is 7.82. The number of thiophene rings is 1. The molecule has 0 unspecified atom stereocenters. The Balaban J connectivity index is 0.00000128. The van der Waals surface area contributed by atoms with E-state index in [0.29, 0.717) is 0 Å². The first-order valence-corrected chi connectivity index (χ1v) is 6.18. The maximum absolute atomic E-state index is 9.71. The molecule has 2 rings (SSSR count). The summed E-state index contributed by atoms with van der Waals surface area (Å²) in [5, 5.41) is 13.7. The standard InChI is InChI=1S/C11H10BrNOS.ClH/c12-8-1-2-10(14)9(5-8)11(13)7-3-4-15-6-7;/h1-6,11,14H,13H2;1H/t11-;/m0./s1. The molecule has 0 aliphatic heterocycles. The van der Waals surface area contributed by atoms with Crippen LogP contribution in [-0.4, -0.2) is 5.11 Å². The van der Waals surface area contributed by atoms with E-state index >= 15 is 0 Å². The van der Waals surface area contributed by atoms with Crippen molar-refractivity contribution in [2.75, 3.05) is 0 Å². The highest BCUT2D eigenvalue weighted by Gasteiger charge is 2.13. The van der Waals surface area contributed by atoms with Crippen molar-refractivity contribution in [1.29, 1.82) is 0 Å². The summed E-state index contributed by atoms with van der Waals surface area (Å²) in [6.07, 6.45) is 0. The fourth-order valence-corrected chi connectivity index (χ4v) is 2.48. The van der Waals surface area contributed by atoms with E-state index in [0.717, 1.165) is 15.6 Å². The fraction of sp³-hybridized carbons (Fsp3) is 0.0909. The first kappa shape index (κ1) is 13.5. The van der Waals surface area contributed by atoms with Gasteiger partial charge in [0.15, 0.2) is 0 Å². The molecule has 86 valence electrons. The van der Waals surface area contributed by atoms with Crippen LogP contribution in [-0.2, 0) is 0 Å². The van der Waals surface area contributed by atoms with Crippen molar-refractivity contribution in [2.24, 2.45) is 5.73 Å². The molecule has 0 aliphatic rings. The Morgan fingerprint density at radius 1 is 1.31 bits per heavy atom. The number of phenols is 1. The quantitative estimate of drug-likeness (QED) is 0.886. The zero-order chi connectivity index (χ0) is 10.8.